The van der Waals surface area contributed by atoms with Crippen molar-refractivity contribution < 1.29 is 4.79 Å². The molecule has 0 aliphatic carbocycles. The lowest BCUT2D eigenvalue weighted by atomic mass is 10.2. The second-order valence-electron chi connectivity index (χ2n) is 4.34. The summed E-state index contributed by atoms with van der Waals surface area (Å²) in [6, 6.07) is 12.1. The Hall–Kier alpha value is -1.81. The molecule has 1 amide bonds. The van der Waals surface area contributed by atoms with Crippen molar-refractivity contribution in [3.05, 3.63) is 46.2 Å². The first-order chi connectivity index (χ1) is 9.17. The zero-order valence-electron chi connectivity index (χ0n) is 11.2. The second-order valence-corrected chi connectivity index (χ2v) is 5.72. The number of amides is 1. The van der Waals surface area contributed by atoms with Crippen molar-refractivity contribution in [2.45, 2.75) is 26.8 Å². The largest absolute Gasteiger partial charge is 0.380 e. The van der Waals surface area contributed by atoms with E-state index in [0.29, 0.717) is 6.42 Å². The molecule has 2 aromatic rings. The number of nitrogens with one attached hydrogen (secondary N) is 2. The molecular weight excluding hydrogens is 256 g/mol. The van der Waals surface area contributed by atoms with E-state index in [2.05, 4.69) is 29.7 Å². The molecule has 4 heteroatoms. The van der Waals surface area contributed by atoms with E-state index in [-0.39, 0.29) is 5.91 Å². The van der Waals surface area contributed by atoms with Gasteiger partial charge in [-0.25, -0.2) is 0 Å². The van der Waals surface area contributed by atoms with Crippen molar-refractivity contribution in [3.63, 3.8) is 0 Å². The quantitative estimate of drug-likeness (QED) is 0.864. The molecule has 0 spiro atoms. The molecule has 19 heavy (non-hydrogen) atoms. The van der Waals surface area contributed by atoms with Crippen LogP contribution in [0.2, 0.25) is 0 Å². The van der Waals surface area contributed by atoms with Gasteiger partial charge < -0.3 is 10.6 Å². The Kier molecular flexibility index (Phi) is 4.58. The number of hydrogen-bond donors (Lipinski definition) is 2. The Labute approximate surface area is 117 Å². The number of hydrogen-bond acceptors (Lipinski definition) is 3. The number of thiophene rings is 1. The van der Waals surface area contributed by atoms with Crippen LogP contribution >= 0.6 is 11.3 Å². The standard InChI is InChI=1S/C15H18N2OS/c1-3-15(18)17-13-7-5-12(6-8-13)16-10-14-9-4-11(2)19-14/h4-9,16H,3,10H2,1-2H3,(H,17,18). The van der Waals surface area contributed by atoms with Crippen LogP contribution in [0.3, 0.4) is 0 Å². The number of anilines is 2. The van der Waals surface area contributed by atoms with E-state index in [4.69, 9.17) is 0 Å². The van der Waals surface area contributed by atoms with Gasteiger partial charge in [-0.05, 0) is 43.3 Å². The summed E-state index contributed by atoms with van der Waals surface area (Å²) in [6.07, 6.45) is 0.498. The van der Waals surface area contributed by atoms with Gasteiger partial charge in [0.05, 0.1) is 0 Å². The zero-order chi connectivity index (χ0) is 13.7. The highest BCUT2D eigenvalue weighted by atomic mass is 32.1. The molecule has 0 atom stereocenters. The van der Waals surface area contributed by atoms with Gasteiger partial charge in [-0.15, -0.1) is 11.3 Å². The van der Waals surface area contributed by atoms with Crippen LogP contribution in [0.15, 0.2) is 36.4 Å². The Morgan fingerprint density at radius 3 is 2.37 bits per heavy atom. The molecule has 1 heterocycles. The van der Waals surface area contributed by atoms with Crippen molar-refractivity contribution in [2.75, 3.05) is 10.6 Å². The summed E-state index contributed by atoms with van der Waals surface area (Å²) >= 11 is 1.80. The van der Waals surface area contributed by atoms with Crippen molar-refractivity contribution in [2.24, 2.45) is 0 Å². The Bertz CT molecular complexity index is 546. The number of carbonyl (C=O) groups excluding carboxylic acids is 1. The van der Waals surface area contributed by atoms with Gasteiger partial charge in [0, 0.05) is 34.1 Å². The summed E-state index contributed by atoms with van der Waals surface area (Å²) in [7, 11) is 0. The molecule has 0 radical (unpaired) electrons. The summed E-state index contributed by atoms with van der Waals surface area (Å²) in [5.74, 6) is 0.0368. The number of benzene rings is 1. The Morgan fingerprint density at radius 1 is 1.11 bits per heavy atom. The second kappa shape index (κ2) is 6.38. The first kappa shape index (κ1) is 13.6. The van der Waals surface area contributed by atoms with Crippen LogP contribution in [0.25, 0.3) is 0 Å². The summed E-state index contributed by atoms with van der Waals surface area (Å²) < 4.78 is 0. The highest BCUT2D eigenvalue weighted by Gasteiger charge is 2.00. The summed E-state index contributed by atoms with van der Waals surface area (Å²) in [6.45, 7) is 4.78. The lowest BCUT2D eigenvalue weighted by molar-refractivity contribution is -0.115. The molecule has 0 unspecified atom stereocenters. The molecule has 0 saturated heterocycles. The average Bonchev–Trinajstić information content (AvgIpc) is 2.83. The maximum absolute atomic E-state index is 11.3. The van der Waals surface area contributed by atoms with E-state index in [1.807, 2.05) is 31.2 Å². The fraction of sp³-hybridized carbons (Fsp3) is 0.267. The predicted molar refractivity (Wildman–Crippen MR) is 81.7 cm³/mol. The van der Waals surface area contributed by atoms with Crippen LogP contribution in [-0.2, 0) is 11.3 Å². The molecule has 100 valence electrons. The van der Waals surface area contributed by atoms with Gasteiger partial charge in [-0.1, -0.05) is 6.92 Å². The SMILES string of the molecule is CCC(=O)Nc1ccc(NCc2ccc(C)s2)cc1. The first-order valence-corrected chi connectivity index (χ1v) is 7.18. The number of rotatable bonds is 5. The summed E-state index contributed by atoms with van der Waals surface area (Å²) in [5, 5.41) is 6.20. The average molecular weight is 274 g/mol. The van der Waals surface area contributed by atoms with E-state index in [1.165, 1.54) is 9.75 Å². The topological polar surface area (TPSA) is 41.1 Å². The molecule has 1 aromatic carbocycles. The van der Waals surface area contributed by atoms with Gasteiger partial charge in [0.2, 0.25) is 5.91 Å². The molecule has 2 N–H and O–H groups in total. The fourth-order valence-corrected chi connectivity index (χ4v) is 2.52. The molecule has 0 aliphatic heterocycles. The zero-order valence-corrected chi connectivity index (χ0v) is 12.0. The third-order valence-electron chi connectivity index (χ3n) is 2.75. The Balaban J connectivity index is 1.89. The molecule has 0 aliphatic rings. The van der Waals surface area contributed by atoms with Crippen molar-refractivity contribution >= 4 is 28.6 Å². The Morgan fingerprint density at radius 2 is 1.79 bits per heavy atom. The van der Waals surface area contributed by atoms with Gasteiger partial charge in [-0.3, -0.25) is 4.79 Å². The van der Waals surface area contributed by atoms with E-state index in [1.54, 1.807) is 11.3 Å². The van der Waals surface area contributed by atoms with Crippen LogP contribution in [0.1, 0.15) is 23.1 Å². The molecule has 2 rings (SSSR count). The first-order valence-electron chi connectivity index (χ1n) is 6.36. The normalized spacial score (nSPS) is 10.2. The number of carbonyl (C=O) groups is 1. The van der Waals surface area contributed by atoms with Crippen molar-refractivity contribution in [1.82, 2.24) is 0 Å². The highest BCUT2D eigenvalue weighted by molar-refractivity contribution is 7.11. The number of aryl methyl sites for hydroxylation is 1. The molecule has 0 saturated carbocycles. The van der Waals surface area contributed by atoms with Crippen LogP contribution in [-0.4, -0.2) is 5.91 Å². The smallest absolute Gasteiger partial charge is 0.224 e. The maximum atomic E-state index is 11.3. The van der Waals surface area contributed by atoms with Crippen molar-refractivity contribution in [1.29, 1.82) is 0 Å². The van der Waals surface area contributed by atoms with E-state index in [0.717, 1.165) is 17.9 Å². The predicted octanol–water partition coefficient (Wildman–Crippen LogP) is 4.02. The fourth-order valence-electron chi connectivity index (χ4n) is 1.69. The van der Waals surface area contributed by atoms with Crippen LogP contribution in [0.4, 0.5) is 11.4 Å². The van der Waals surface area contributed by atoms with Crippen LogP contribution in [0, 0.1) is 6.92 Å². The van der Waals surface area contributed by atoms with Gasteiger partial charge in [0.15, 0.2) is 0 Å². The maximum Gasteiger partial charge on any atom is 0.224 e. The summed E-state index contributed by atoms with van der Waals surface area (Å²) in [5.41, 5.74) is 1.89. The van der Waals surface area contributed by atoms with Gasteiger partial charge in [0.25, 0.3) is 0 Å². The van der Waals surface area contributed by atoms with E-state index >= 15 is 0 Å². The molecule has 1 aromatic heterocycles. The monoisotopic (exact) mass is 274 g/mol. The molecule has 0 fully saturated rings. The molecular formula is C15H18N2OS. The van der Waals surface area contributed by atoms with Gasteiger partial charge in [-0.2, -0.15) is 0 Å². The van der Waals surface area contributed by atoms with Crippen LogP contribution < -0.4 is 10.6 Å². The molecule has 3 nitrogen and oxygen atoms in total. The van der Waals surface area contributed by atoms with Gasteiger partial charge >= 0.3 is 0 Å². The minimum absolute atomic E-state index is 0.0368. The lowest BCUT2D eigenvalue weighted by Crippen LogP contribution is -2.09. The summed E-state index contributed by atoms with van der Waals surface area (Å²) in [4.78, 5) is 13.9. The third-order valence-corrected chi connectivity index (χ3v) is 3.75. The minimum Gasteiger partial charge on any atom is -0.380 e. The van der Waals surface area contributed by atoms with E-state index < -0.39 is 0 Å². The van der Waals surface area contributed by atoms with Crippen molar-refractivity contribution in [3.8, 4) is 0 Å². The lowest BCUT2D eigenvalue weighted by Gasteiger charge is -2.07. The van der Waals surface area contributed by atoms with Crippen LogP contribution in [0.5, 0.6) is 0 Å². The third kappa shape index (κ3) is 4.10. The minimum atomic E-state index is 0.0368. The van der Waals surface area contributed by atoms with E-state index in [9.17, 15) is 4.79 Å². The highest BCUT2D eigenvalue weighted by Crippen LogP contribution is 2.18. The molecule has 0 bridgehead atoms. The van der Waals surface area contributed by atoms with Gasteiger partial charge in [0.1, 0.15) is 0 Å².